The summed E-state index contributed by atoms with van der Waals surface area (Å²) in [6.07, 6.45) is 2.26. The standard InChI is InChI=1S/C49H31N3S2/c1-3-11-31(12-4-1)48-50-45-44-37-21-18-32(28-34(37)20-23-43(44)52(49(45)54-48)35-14-5-2-6-15-35)33-19-22-39-41(29-33)38-24-26-51(46(38)40-25-27-53-47(39)40)42-17-9-13-30-10-7-8-16-36(30)42/h1-29,45,49H. The molecule has 0 saturated heterocycles. The van der Waals surface area contributed by atoms with E-state index < -0.39 is 0 Å². The van der Waals surface area contributed by atoms with Gasteiger partial charge < -0.3 is 9.47 Å². The highest BCUT2D eigenvalue weighted by atomic mass is 32.2. The van der Waals surface area contributed by atoms with Crippen molar-refractivity contribution in [1.82, 2.24) is 4.57 Å². The number of para-hydroxylation sites is 1. The van der Waals surface area contributed by atoms with Crippen LogP contribution >= 0.6 is 23.1 Å². The third-order valence-electron chi connectivity index (χ3n) is 11.4. The summed E-state index contributed by atoms with van der Waals surface area (Å²) in [6.45, 7) is 0. The average Bonchev–Trinajstić information content (AvgIpc) is 4.04. The molecule has 12 rings (SSSR count). The summed E-state index contributed by atoms with van der Waals surface area (Å²) in [5.41, 5.74) is 9.89. The van der Waals surface area contributed by atoms with Crippen LogP contribution in [-0.2, 0) is 0 Å². The van der Waals surface area contributed by atoms with Crippen LogP contribution < -0.4 is 4.90 Å². The maximum Gasteiger partial charge on any atom is 0.113 e. The van der Waals surface area contributed by atoms with Gasteiger partial charge in [-0.1, -0.05) is 127 Å². The van der Waals surface area contributed by atoms with Gasteiger partial charge in [0, 0.05) is 54.9 Å². The number of hydrogen-bond acceptors (Lipinski definition) is 4. The van der Waals surface area contributed by atoms with Crippen molar-refractivity contribution in [3.05, 3.63) is 186 Å². The molecule has 2 aliphatic rings. The molecule has 0 N–H and O–H groups in total. The molecule has 4 heterocycles. The van der Waals surface area contributed by atoms with E-state index in [-0.39, 0.29) is 11.4 Å². The van der Waals surface area contributed by atoms with Gasteiger partial charge in [0.15, 0.2) is 0 Å². The Kier molecular flexibility index (Phi) is 6.56. The van der Waals surface area contributed by atoms with Crippen LogP contribution in [0, 0.1) is 0 Å². The Bertz CT molecular complexity index is 3150. The summed E-state index contributed by atoms with van der Waals surface area (Å²) in [5, 5.41) is 13.7. The number of nitrogens with zero attached hydrogens (tertiary/aromatic N) is 3. The van der Waals surface area contributed by atoms with Crippen molar-refractivity contribution < 1.29 is 0 Å². The lowest BCUT2D eigenvalue weighted by Gasteiger charge is -2.26. The van der Waals surface area contributed by atoms with E-state index in [9.17, 15) is 0 Å². The van der Waals surface area contributed by atoms with Gasteiger partial charge in [-0.3, -0.25) is 4.99 Å². The predicted molar refractivity (Wildman–Crippen MR) is 232 cm³/mol. The highest BCUT2D eigenvalue weighted by Crippen LogP contribution is 2.56. The van der Waals surface area contributed by atoms with Crippen molar-refractivity contribution in [2.75, 3.05) is 4.90 Å². The lowest BCUT2D eigenvalue weighted by molar-refractivity contribution is 0.752. The molecule has 54 heavy (non-hydrogen) atoms. The molecule has 2 atom stereocenters. The topological polar surface area (TPSA) is 20.5 Å². The zero-order valence-corrected chi connectivity index (χ0v) is 30.7. The number of thiophene rings is 1. The van der Waals surface area contributed by atoms with Gasteiger partial charge in [0.1, 0.15) is 16.5 Å². The molecule has 0 radical (unpaired) electrons. The van der Waals surface area contributed by atoms with E-state index in [1.54, 1.807) is 0 Å². The van der Waals surface area contributed by atoms with Gasteiger partial charge in [0.2, 0.25) is 0 Å². The van der Waals surface area contributed by atoms with Gasteiger partial charge >= 0.3 is 0 Å². The van der Waals surface area contributed by atoms with Crippen LogP contribution in [0.15, 0.2) is 180 Å². The number of aliphatic imine (C=N–C) groups is 1. The van der Waals surface area contributed by atoms with Crippen LogP contribution in [-0.4, -0.2) is 15.0 Å². The summed E-state index contributed by atoms with van der Waals surface area (Å²) in [4.78, 5) is 7.93. The average molecular weight is 726 g/mol. The summed E-state index contributed by atoms with van der Waals surface area (Å²) in [7, 11) is 0. The van der Waals surface area contributed by atoms with Gasteiger partial charge in [-0.15, -0.1) is 11.3 Å². The molecule has 3 nitrogen and oxygen atoms in total. The van der Waals surface area contributed by atoms with Crippen molar-refractivity contribution in [3.63, 3.8) is 0 Å². The van der Waals surface area contributed by atoms with E-state index in [0.29, 0.717) is 0 Å². The van der Waals surface area contributed by atoms with Crippen molar-refractivity contribution in [2.45, 2.75) is 11.4 Å². The quantitative estimate of drug-likeness (QED) is 0.180. The second-order valence-electron chi connectivity index (χ2n) is 14.3. The Morgan fingerprint density at radius 3 is 2.17 bits per heavy atom. The van der Waals surface area contributed by atoms with E-state index in [4.69, 9.17) is 4.99 Å². The fourth-order valence-corrected chi connectivity index (χ4v) is 11.2. The lowest BCUT2D eigenvalue weighted by atomic mass is 9.94. The van der Waals surface area contributed by atoms with Crippen LogP contribution in [0.2, 0.25) is 0 Å². The SMILES string of the molecule is c1ccc(C2=NC3c4c(ccc5cc(-c6ccc7c(c6)c6ccn(-c8cccc9ccccc89)c6c6ccsc76)ccc45)N(c4ccccc4)C3S2)cc1. The van der Waals surface area contributed by atoms with Gasteiger partial charge in [0.05, 0.1) is 11.2 Å². The largest absolute Gasteiger partial charge is 0.326 e. The number of rotatable bonds is 4. The summed E-state index contributed by atoms with van der Waals surface area (Å²) in [6, 6.07) is 60.1. The van der Waals surface area contributed by atoms with Crippen LogP contribution in [0.1, 0.15) is 17.2 Å². The third-order valence-corrected chi connectivity index (χ3v) is 13.6. The molecule has 5 heteroatoms. The number of hydrogen-bond donors (Lipinski definition) is 0. The Morgan fingerprint density at radius 2 is 1.28 bits per heavy atom. The Morgan fingerprint density at radius 1 is 0.500 bits per heavy atom. The van der Waals surface area contributed by atoms with Crippen LogP contribution in [0.5, 0.6) is 0 Å². The molecule has 10 aromatic rings. The van der Waals surface area contributed by atoms with E-state index in [1.807, 2.05) is 23.1 Å². The van der Waals surface area contributed by atoms with Crippen LogP contribution in [0.3, 0.4) is 0 Å². The fourth-order valence-electron chi connectivity index (χ4n) is 8.97. The molecule has 0 fully saturated rings. The molecule has 0 bridgehead atoms. The lowest BCUT2D eigenvalue weighted by Crippen LogP contribution is -2.24. The van der Waals surface area contributed by atoms with E-state index in [1.165, 1.54) is 92.6 Å². The molecule has 254 valence electrons. The smallest absolute Gasteiger partial charge is 0.113 e. The number of fused-ring (bicyclic) bond motifs is 12. The van der Waals surface area contributed by atoms with E-state index >= 15 is 0 Å². The molecule has 8 aromatic carbocycles. The number of anilines is 2. The van der Waals surface area contributed by atoms with Crippen molar-refractivity contribution in [2.24, 2.45) is 4.99 Å². The molecular weight excluding hydrogens is 695 g/mol. The second kappa shape index (κ2) is 11.7. The van der Waals surface area contributed by atoms with Gasteiger partial charge in [-0.2, -0.15) is 0 Å². The van der Waals surface area contributed by atoms with Gasteiger partial charge in [0.25, 0.3) is 0 Å². The summed E-state index contributed by atoms with van der Waals surface area (Å²) in [5.74, 6) is 0. The Balaban J connectivity index is 1.01. The number of thioether (sulfide) groups is 1. The monoisotopic (exact) mass is 725 g/mol. The molecule has 0 spiro atoms. The highest BCUT2D eigenvalue weighted by molar-refractivity contribution is 8.15. The molecule has 2 unspecified atom stereocenters. The molecule has 0 aliphatic carbocycles. The van der Waals surface area contributed by atoms with Crippen LogP contribution in [0.4, 0.5) is 11.4 Å². The van der Waals surface area contributed by atoms with E-state index in [0.717, 1.165) is 5.04 Å². The minimum Gasteiger partial charge on any atom is -0.326 e. The zero-order chi connectivity index (χ0) is 35.3. The van der Waals surface area contributed by atoms with Gasteiger partial charge in [-0.05, 0) is 86.6 Å². The maximum absolute atomic E-state index is 5.43. The first-order chi connectivity index (χ1) is 26.8. The van der Waals surface area contributed by atoms with Crippen LogP contribution in [0.25, 0.3) is 70.1 Å². The Labute approximate surface area is 320 Å². The van der Waals surface area contributed by atoms with Crippen molar-refractivity contribution in [3.8, 4) is 16.8 Å². The first-order valence-electron chi connectivity index (χ1n) is 18.4. The maximum atomic E-state index is 5.43. The summed E-state index contributed by atoms with van der Waals surface area (Å²) < 4.78 is 3.73. The van der Waals surface area contributed by atoms with Gasteiger partial charge in [-0.25, -0.2) is 0 Å². The second-order valence-corrected chi connectivity index (χ2v) is 16.3. The predicted octanol–water partition coefficient (Wildman–Crippen LogP) is 13.7. The highest BCUT2D eigenvalue weighted by Gasteiger charge is 2.45. The minimum absolute atomic E-state index is 0.0443. The molecule has 2 aromatic heterocycles. The van der Waals surface area contributed by atoms with Crippen molar-refractivity contribution >= 4 is 92.8 Å². The number of benzene rings is 8. The molecule has 0 amide bonds. The van der Waals surface area contributed by atoms with Crippen molar-refractivity contribution in [1.29, 1.82) is 0 Å². The minimum atomic E-state index is 0.0443. The molecule has 0 saturated carbocycles. The Hall–Kier alpha value is -6.14. The normalized spacial score (nSPS) is 16.5. The first-order valence-corrected chi connectivity index (χ1v) is 20.2. The third kappa shape index (κ3) is 4.40. The molecule has 2 aliphatic heterocycles. The molecular formula is C49H31N3S2. The fraction of sp³-hybridized carbons (Fsp3) is 0.0408. The first kappa shape index (κ1) is 30.3. The zero-order valence-electron chi connectivity index (χ0n) is 29.1. The number of aromatic nitrogens is 1. The summed E-state index contributed by atoms with van der Waals surface area (Å²) >= 11 is 3.71. The van der Waals surface area contributed by atoms with E-state index in [2.05, 4.69) is 185 Å².